The lowest BCUT2D eigenvalue weighted by Crippen LogP contribution is -2.38. The van der Waals surface area contributed by atoms with Crippen molar-refractivity contribution in [3.63, 3.8) is 0 Å². The van der Waals surface area contributed by atoms with Gasteiger partial charge in [-0.15, -0.1) is 0 Å². The molecule has 0 atom stereocenters. The first-order valence-electron chi connectivity index (χ1n) is 8.12. The van der Waals surface area contributed by atoms with E-state index in [0.29, 0.717) is 5.56 Å². The summed E-state index contributed by atoms with van der Waals surface area (Å²) in [5.74, 6) is -0.454. The van der Waals surface area contributed by atoms with Crippen molar-refractivity contribution < 1.29 is 14.5 Å². The minimum atomic E-state index is -0.269. The van der Waals surface area contributed by atoms with E-state index in [0.717, 1.165) is 11.1 Å². The predicted octanol–water partition coefficient (Wildman–Crippen LogP) is 2.70. The Labute approximate surface area is 146 Å². The second-order valence-electron chi connectivity index (χ2n) is 5.55. The van der Waals surface area contributed by atoms with Gasteiger partial charge in [0.2, 0.25) is 11.5 Å². The van der Waals surface area contributed by atoms with Crippen LogP contribution in [0.15, 0.2) is 79.4 Å². The molecule has 0 saturated heterocycles. The first-order chi connectivity index (χ1) is 12.2. The van der Waals surface area contributed by atoms with Crippen molar-refractivity contribution in [2.24, 2.45) is 0 Å². The van der Waals surface area contributed by atoms with Gasteiger partial charge in [-0.2, -0.15) is 4.57 Å². The van der Waals surface area contributed by atoms with Gasteiger partial charge in [-0.25, -0.2) is 0 Å². The van der Waals surface area contributed by atoms with E-state index >= 15 is 0 Å². The van der Waals surface area contributed by atoms with E-state index < -0.39 is 0 Å². The highest BCUT2D eigenvalue weighted by atomic mass is 16.3. The van der Waals surface area contributed by atoms with Crippen LogP contribution in [0.3, 0.4) is 0 Å². The zero-order valence-corrected chi connectivity index (χ0v) is 13.9. The van der Waals surface area contributed by atoms with Crippen LogP contribution in [0.4, 0.5) is 0 Å². The molecule has 3 rings (SSSR count). The van der Waals surface area contributed by atoms with Crippen LogP contribution in [0.1, 0.15) is 18.9 Å². The average molecular weight is 330 g/mol. The summed E-state index contributed by atoms with van der Waals surface area (Å²) in [5, 5.41) is 12.8. The second-order valence-corrected chi connectivity index (χ2v) is 5.55. The molecule has 0 amide bonds. The molecular formula is C21H18N2O2. The SMILES string of the molecule is CCC(=O)/C(=C(\[O-])c1ccccc1)[n+]1ccc(-c2ccncc2)cc1. The van der Waals surface area contributed by atoms with Crippen LogP contribution in [0.25, 0.3) is 22.6 Å². The lowest BCUT2D eigenvalue weighted by molar-refractivity contribution is -0.579. The molecule has 0 aliphatic heterocycles. The Balaban J connectivity index is 2.05. The van der Waals surface area contributed by atoms with Crippen molar-refractivity contribution in [2.75, 3.05) is 0 Å². The number of rotatable bonds is 5. The van der Waals surface area contributed by atoms with Gasteiger partial charge in [-0.1, -0.05) is 37.3 Å². The number of nitrogens with zero attached hydrogens (tertiary/aromatic N) is 2. The highest BCUT2D eigenvalue weighted by molar-refractivity contribution is 6.17. The molecule has 0 radical (unpaired) electrons. The average Bonchev–Trinajstić information content (AvgIpc) is 2.70. The van der Waals surface area contributed by atoms with Gasteiger partial charge in [0, 0.05) is 30.9 Å². The topological polar surface area (TPSA) is 56.9 Å². The number of pyridine rings is 2. The molecule has 0 saturated carbocycles. The predicted molar refractivity (Wildman–Crippen MR) is 94.7 cm³/mol. The summed E-state index contributed by atoms with van der Waals surface area (Å²) in [4.78, 5) is 16.4. The van der Waals surface area contributed by atoms with Crippen molar-refractivity contribution in [1.82, 2.24) is 4.98 Å². The molecule has 0 N–H and O–H groups in total. The monoisotopic (exact) mass is 330 g/mol. The van der Waals surface area contributed by atoms with Gasteiger partial charge in [0.25, 0.3) is 0 Å². The Bertz CT molecular complexity index is 886. The normalized spacial score (nSPS) is 11.7. The minimum absolute atomic E-state index is 0.162. The van der Waals surface area contributed by atoms with E-state index in [-0.39, 0.29) is 23.7 Å². The first kappa shape index (κ1) is 16.6. The molecule has 25 heavy (non-hydrogen) atoms. The second kappa shape index (κ2) is 7.53. The number of hydrogen-bond acceptors (Lipinski definition) is 3. The Morgan fingerprint density at radius 2 is 1.56 bits per heavy atom. The lowest BCUT2D eigenvalue weighted by Gasteiger charge is -2.14. The zero-order valence-electron chi connectivity index (χ0n) is 13.9. The Morgan fingerprint density at radius 3 is 2.16 bits per heavy atom. The van der Waals surface area contributed by atoms with Crippen molar-refractivity contribution in [2.45, 2.75) is 13.3 Å². The van der Waals surface area contributed by atoms with Gasteiger partial charge in [-0.05, 0) is 34.6 Å². The summed E-state index contributed by atoms with van der Waals surface area (Å²) in [6.45, 7) is 1.76. The number of hydrogen-bond donors (Lipinski definition) is 0. The fraction of sp³-hybridized carbons (Fsp3) is 0.0952. The number of carbonyl (C=O) groups is 1. The summed E-state index contributed by atoms with van der Waals surface area (Å²) in [6, 6.07) is 16.5. The molecule has 0 fully saturated rings. The molecule has 4 nitrogen and oxygen atoms in total. The molecule has 0 aliphatic carbocycles. The van der Waals surface area contributed by atoms with Crippen LogP contribution >= 0.6 is 0 Å². The highest BCUT2D eigenvalue weighted by Gasteiger charge is 2.20. The third-order valence-corrected chi connectivity index (χ3v) is 3.94. The number of carbonyl (C=O) groups excluding carboxylic acids is 1. The van der Waals surface area contributed by atoms with Gasteiger partial charge in [0.05, 0.1) is 0 Å². The zero-order chi connectivity index (χ0) is 17.6. The highest BCUT2D eigenvalue weighted by Crippen LogP contribution is 2.18. The molecule has 2 aromatic heterocycles. The molecule has 1 aromatic carbocycles. The molecular weight excluding hydrogens is 312 g/mol. The number of aromatic nitrogens is 2. The van der Waals surface area contributed by atoms with E-state index in [9.17, 15) is 9.90 Å². The Hall–Kier alpha value is -3.27. The Kier molecular flexibility index (Phi) is 5.00. The van der Waals surface area contributed by atoms with E-state index in [1.807, 2.05) is 30.3 Å². The van der Waals surface area contributed by atoms with E-state index in [2.05, 4.69) is 4.98 Å². The molecule has 2 heterocycles. The van der Waals surface area contributed by atoms with Crippen LogP contribution in [-0.4, -0.2) is 10.8 Å². The first-order valence-corrected chi connectivity index (χ1v) is 8.12. The van der Waals surface area contributed by atoms with E-state index in [1.54, 1.807) is 60.5 Å². The van der Waals surface area contributed by atoms with Crippen LogP contribution in [0.5, 0.6) is 0 Å². The largest absolute Gasteiger partial charge is 0.867 e. The van der Waals surface area contributed by atoms with Gasteiger partial charge in [0.1, 0.15) is 0 Å². The third kappa shape index (κ3) is 3.63. The van der Waals surface area contributed by atoms with Gasteiger partial charge in [-0.3, -0.25) is 9.78 Å². The van der Waals surface area contributed by atoms with Crippen LogP contribution in [0.2, 0.25) is 0 Å². The summed E-state index contributed by atoms with van der Waals surface area (Å²) in [6.07, 6.45) is 7.23. The number of allylic oxidation sites excluding steroid dienone is 1. The maximum absolute atomic E-state index is 12.8. The smallest absolute Gasteiger partial charge is 0.246 e. The van der Waals surface area contributed by atoms with Crippen molar-refractivity contribution in [3.05, 3.63) is 84.9 Å². The van der Waals surface area contributed by atoms with Crippen molar-refractivity contribution in [1.29, 1.82) is 0 Å². The van der Waals surface area contributed by atoms with Crippen LogP contribution in [-0.2, 0) is 4.79 Å². The summed E-state index contributed by atoms with van der Waals surface area (Å²) >= 11 is 0. The number of ketones is 1. The van der Waals surface area contributed by atoms with Gasteiger partial charge >= 0.3 is 0 Å². The molecule has 0 bridgehead atoms. The molecule has 3 aromatic rings. The fourth-order valence-corrected chi connectivity index (χ4v) is 2.59. The van der Waals surface area contributed by atoms with Crippen molar-refractivity contribution in [3.8, 4) is 11.1 Å². The molecule has 0 aliphatic rings. The number of benzene rings is 1. The van der Waals surface area contributed by atoms with E-state index in [4.69, 9.17) is 0 Å². The number of Topliss-reactive ketones (excluding diaryl/α,β-unsaturated/α-hetero) is 1. The molecule has 0 spiro atoms. The van der Waals surface area contributed by atoms with Gasteiger partial charge in [0.15, 0.2) is 12.4 Å². The maximum Gasteiger partial charge on any atom is 0.246 e. The lowest BCUT2D eigenvalue weighted by atomic mass is 10.1. The van der Waals surface area contributed by atoms with Crippen LogP contribution < -0.4 is 9.67 Å². The molecule has 124 valence electrons. The molecule has 4 heteroatoms. The third-order valence-electron chi connectivity index (χ3n) is 3.94. The van der Waals surface area contributed by atoms with Crippen LogP contribution in [0, 0.1) is 0 Å². The minimum Gasteiger partial charge on any atom is -0.867 e. The summed E-state index contributed by atoms with van der Waals surface area (Å²) in [5.41, 5.74) is 2.69. The van der Waals surface area contributed by atoms with Crippen molar-refractivity contribution >= 4 is 17.2 Å². The van der Waals surface area contributed by atoms with E-state index in [1.165, 1.54) is 0 Å². The summed E-state index contributed by atoms with van der Waals surface area (Å²) in [7, 11) is 0. The standard InChI is InChI=1S/C21H18N2O2/c1-2-19(24)20(21(25)18-6-4-3-5-7-18)23-14-10-17(11-15-23)16-8-12-22-13-9-16/h3-15H,2H2,1H3. The summed E-state index contributed by atoms with van der Waals surface area (Å²) < 4.78 is 1.60. The Morgan fingerprint density at radius 1 is 0.960 bits per heavy atom. The molecule has 0 unspecified atom stereocenters. The fourth-order valence-electron chi connectivity index (χ4n) is 2.59. The quantitative estimate of drug-likeness (QED) is 0.411. The maximum atomic E-state index is 12.8. The van der Waals surface area contributed by atoms with Gasteiger partial charge < -0.3 is 5.11 Å².